The van der Waals surface area contributed by atoms with Gasteiger partial charge in [0.1, 0.15) is 5.76 Å². The van der Waals surface area contributed by atoms with E-state index in [-0.39, 0.29) is 0 Å². The minimum Gasteiger partial charge on any atom is -0.469 e. The number of thiophene rings is 1. The normalized spacial score (nSPS) is 12.8. The zero-order valence-corrected chi connectivity index (χ0v) is 10.3. The highest BCUT2D eigenvalue weighted by Crippen LogP contribution is 2.21. The third kappa shape index (κ3) is 2.97. The summed E-state index contributed by atoms with van der Waals surface area (Å²) < 4.78 is 5.35. The second-order valence-corrected chi connectivity index (χ2v) is 4.57. The zero-order valence-electron chi connectivity index (χ0n) is 9.48. The van der Waals surface area contributed by atoms with E-state index in [4.69, 9.17) is 4.42 Å². The molecule has 0 aliphatic heterocycles. The van der Waals surface area contributed by atoms with E-state index in [1.165, 1.54) is 5.56 Å². The van der Waals surface area contributed by atoms with Gasteiger partial charge in [0, 0.05) is 12.5 Å². The first kappa shape index (κ1) is 11.4. The van der Waals surface area contributed by atoms with Crippen LogP contribution in [0.4, 0.5) is 0 Å². The third-order valence-electron chi connectivity index (χ3n) is 2.66. The van der Waals surface area contributed by atoms with Gasteiger partial charge in [0.25, 0.3) is 0 Å². The number of nitrogens with one attached hydrogen (secondary N) is 1. The molecular formula is C13H17NOS. The minimum atomic E-state index is 0.446. The van der Waals surface area contributed by atoms with E-state index in [1.54, 1.807) is 17.6 Å². The molecule has 0 bridgehead atoms. The molecule has 1 N–H and O–H groups in total. The summed E-state index contributed by atoms with van der Waals surface area (Å²) >= 11 is 1.75. The van der Waals surface area contributed by atoms with Gasteiger partial charge >= 0.3 is 0 Å². The maximum atomic E-state index is 5.35. The van der Waals surface area contributed by atoms with Gasteiger partial charge in [-0.15, -0.1) is 0 Å². The molecule has 2 aromatic rings. The van der Waals surface area contributed by atoms with Crippen LogP contribution < -0.4 is 5.32 Å². The van der Waals surface area contributed by atoms with Crippen LogP contribution in [-0.4, -0.2) is 6.54 Å². The molecule has 0 fully saturated rings. The summed E-state index contributed by atoms with van der Waals surface area (Å²) in [4.78, 5) is 0. The molecule has 2 rings (SSSR count). The lowest BCUT2D eigenvalue weighted by Gasteiger charge is -2.15. The molecule has 0 aliphatic carbocycles. The number of hydrogen-bond acceptors (Lipinski definition) is 3. The number of aryl methyl sites for hydroxylation is 1. The first-order valence-corrected chi connectivity index (χ1v) is 6.62. The average Bonchev–Trinajstić information content (AvgIpc) is 2.96. The lowest BCUT2D eigenvalue weighted by Crippen LogP contribution is -2.20. The van der Waals surface area contributed by atoms with Gasteiger partial charge in [-0.1, -0.05) is 6.92 Å². The van der Waals surface area contributed by atoms with Gasteiger partial charge in [-0.05, 0) is 47.5 Å². The van der Waals surface area contributed by atoms with Crippen molar-refractivity contribution in [2.24, 2.45) is 0 Å². The molecule has 1 atom stereocenters. The van der Waals surface area contributed by atoms with Gasteiger partial charge in [0.2, 0.25) is 0 Å². The van der Waals surface area contributed by atoms with E-state index in [9.17, 15) is 0 Å². The Morgan fingerprint density at radius 3 is 3.00 bits per heavy atom. The molecule has 0 aliphatic rings. The Labute approximate surface area is 100 Å². The quantitative estimate of drug-likeness (QED) is 0.827. The van der Waals surface area contributed by atoms with E-state index < -0.39 is 0 Å². The Balaban J connectivity index is 1.93. The van der Waals surface area contributed by atoms with Crippen LogP contribution in [0.5, 0.6) is 0 Å². The molecule has 0 aromatic carbocycles. The van der Waals surface area contributed by atoms with Gasteiger partial charge in [0.05, 0.1) is 6.26 Å². The van der Waals surface area contributed by atoms with E-state index in [0.29, 0.717) is 6.04 Å². The Kier molecular flexibility index (Phi) is 4.19. The minimum absolute atomic E-state index is 0.446. The Morgan fingerprint density at radius 2 is 2.38 bits per heavy atom. The first-order valence-electron chi connectivity index (χ1n) is 5.68. The summed E-state index contributed by atoms with van der Waals surface area (Å²) in [5, 5.41) is 7.86. The SMILES string of the molecule is CCNC(CCc1ccco1)c1ccsc1. The fourth-order valence-corrected chi connectivity index (χ4v) is 2.56. The summed E-state index contributed by atoms with van der Waals surface area (Å²) in [7, 11) is 0. The molecular weight excluding hydrogens is 218 g/mol. The lowest BCUT2D eigenvalue weighted by molar-refractivity contribution is 0.459. The largest absolute Gasteiger partial charge is 0.469 e. The van der Waals surface area contributed by atoms with Gasteiger partial charge in [-0.3, -0.25) is 0 Å². The van der Waals surface area contributed by atoms with Crippen molar-refractivity contribution in [3.05, 3.63) is 46.5 Å². The molecule has 2 heterocycles. The zero-order chi connectivity index (χ0) is 11.2. The topological polar surface area (TPSA) is 25.2 Å². The Hall–Kier alpha value is -1.06. The predicted octanol–water partition coefficient (Wildman–Crippen LogP) is 3.62. The summed E-state index contributed by atoms with van der Waals surface area (Å²) in [6, 6.07) is 6.63. The monoisotopic (exact) mass is 235 g/mol. The fraction of sp³-hybridized carbons (Fsp3) is 0.385. The fourth-order valence-electron chi connectivity index (χ4n) is 1.85. The average molecular weight is 235 g/mol. The smallest absolute Gasteiger partial charge is 0.103 e. The van der Waals surface area contributed by atoms with Crippen molar-refractivity contribution in [2.45, 2.75) is 25.8 Å². The highest BCUT2D eigenvalue weighted by Gasteiger charge is 2.11. The van der Waals surface area contributed by atoms with Crippen LogP contribution in [0.3, 0.4) is 0 Å². The third-order valence-corrected chi connectivity index (χ3v) is 3.36. The maximum absolute atomic E-state index is 5.35. The summed E-state index contributed by atoms with van der Waals surface area (Å²) in [6.45, 7) is 3.14. The molecule has 0 radical (unpaired) electrons. The molecule has 2 aromatic heterocycles. The van der Waals surface area contributed by atoms with Crippen molar-refractivity contribution in [2.75, 3.05) is 6.54 Å². The lowest BCUT2D eigenvalue weighted by atomic mass is 10.0. The van der Waals surface area contributed by atoms with E-state index in [1.807, 2.05) is 12.1 Å². The van der Waals surface area contributed by atoms with Crippen molar-refractivity contribution >= 4 is 11.3 Å². The Morgan fingerprint density at radius 1 is 1.44 bits per heavy atom. The molecule has 0 saturated carbocycles. The highest BCUT2D eigenvalue weighted by atomic mass is 32.1. The number of hydrogen-bond donors (Lipinski definition) is 1. The van der Waals surface area contributed by atoms with E-state index in [2.05, 4.69) is 29.1 Å². The summed E-state index contributed by atoms with van der Waals surface area (Å²) in [5.41, 5.74) is 1.39. The van der Waals surface area contributed by atoms with Gasteiger partial charge in [-0.25, -0.2) is 0 Å². The van der Waals surface area contributed by atoms with Crippen LogP contribution in [0.1, 0.15) is 30.7 Å². The molecule has 1 unspecified atom stereocenters. The number of rotatable bonds is 6. The van der Waals surface area contributed by atoms with Crippen molar-refractivity contribution < 1.29 is 4.42 Å². The van der Waals surface area contributed by atoms with E-state index in [0.717, 1.165) is 25.1 Å². The van der Waals surface area contributed by atoms with Gasteiger partial charge < -0.3 is 9.73 Å². The molecule has 0 spiro atoms. The maximum Gasteiger partial charge on any atom is 0.103 e. The van der Waals surface area contributed by atoms with Crippen molar-refractivity contribution in [3.63, 3.8) is 0 Å². The summed E-state index contributed by atoms with van der Waals surface area (Å²) in [5.74, 6) is 1.07. The van der Waals surface area contributed by atoms with Crippen LogP contribution in [0, 0.1) is 0 Å². The molecule has 0 saturated heterocycles. The van der Waals surface area contributed by atoms with Crippen LogP contribution in [0.25, 0.3) is 0 Å². The second-order valence-electron chi connectivity index (χ2n) is 3.78. The van der Waals surface area contributed by atoms with Crippen molar-refractivity contribution in [1.82, 2.24) is 5.32 Å². The molecule has 2 nitrogen and oxygen atoms in total. The molecule has 86 valence electrons. The highest BCUT2D eigenvalue weighted by molar-refractivity contribution is 7.07. The Bertz CT molecular complexity index is 380. The van der Waals surface area contributed by atoms with E-state index >= 15 is 0 Å². The van der Waals surface area contributed by atoms with Gasteiger partial charge in [-0.2, -0.15) is 11.3 Å². The van der Waals surface area contributed by atoms with Crippen molar-refractivity contribution in [1.29, 1.82) is 0 Å². The van der Waals surface area contributed by atoms with Crippen LogP contribution in [-0.2, 0) is 6.42 Å². The second kappa shape index (κ2) is 5.87. The standard InChI is InChI=1S/C13H17NOS/c1-2-14-13(11-7-9-16-10-11)6-5-12-4-3-8-15-12/h3-4,7-10,13-14H,2,5-6H2,1H3. The van der Waals surface area contributed by atoms with Crippen LogP contribution >= 0.6 is 11.3 Å². The van der Waals surface area contributed by atoms with Crippen molar-refractivity contribution in [3.8, 4) is 0 Å². The molecule has 0 amide bonds. The molecule has 16 heavy (non-hydrogen) atoms. The molecule has 3 heteroatoms. The predicted molar refractivity (Wildman–Crippen MR) is 67.8 cm³/mol. The first-order chi connectivity index (χ1) is 7.90. The van der Waals surface area contributed by atoms with Crippen LogP contribution in [0.2, 0.25) is 0 Å². The van der Waals surface area contributed by atoms with Crippen LogP contribution in [0.15, 0.2) is 39.6 Å². The van der Waals surface area contributed by atoms with Gasteiger partial charge in [0.15, 0.2) is 0 Å². The number of furan rings is 1. The summed E-state index contributed by atoms with van der Waals surface area (Å²) in [6.07, 6.45) is 3.81.